The zero-order chi connectivity index (χ0) is 13.1. The van der Waals surface area contributed by atoms with Gasteiger partial charge in [-0.05, 0) is 38.5 Å². The lowest BCUT2D eigenvalue weighted by Gasteiger charge is -2.33. The van der Waals surface area contributed by atoms with Crippen molar-refractivity contribution in [3.63, 3.8) is 0 Å². The van der Waals surface area contributed by atoms with Crippen LogP contribution in [-0.2, 0) is 14.8 Å². The zero-order valence-corrected chi connectivity index (χ0v) is 11.2. The van der Waals surface area contributed by atoms with E-state index in [0.29, 0.717) is 0 Å². The molecule has 0 aromatic carbocycles. The van der Waals surface area contributed by atoms with Crippen LogP contribution in [0, 0.1) is 5.92 Å². The van der Waals surface area contributed by atoms with Crippen molar-refractivity contribution in [2.45, 2.75) is 45.1 Å². The average molecular weight is 263 g/mol. The third-order valence-electron chi connectivity index (χ3n) is 3.60. The van der Waals surface area contributed by atoms with Gasteiger partial charge in [-0.25, -0.2) is 12.7 Å². The summed E-state index contributed by atoms with van der Waals surface area (Å²) in [5.41, 5.74) is 0. The minimum absolute atomic E-state index is 0.0463. The molecule has 1 rings (SSSR count). The minimum Gasteiger partial charge on any atom is -0.481 e. The number of aliphatic carboxylic acids is 1. The fraction of sp³-hybridized carbons (Fsp3) is 0.909. The van der Waals surface area contributed by atoms with E-state index in [0.717, 1.165) is 25.7 Å². The third-order valence-corrected chi connectivity index (χ3v) is 5.50. The summed E-state index contributed by atoms with van der Waals surface area (Å²) in [5.74, 6) is -0.428. The van der Waals surface area contributed by atoms with Crippen LogP contribution < -0.4 is 0 Å². The summed E-state index contributed by atoms with van der Waals surface area (Å²) in [5, 5.41) is 8.70. The Labute approximate surface area is 103 Å². The molecule has 0 spiro atoms. The first-order valence-corrected chi connectivity index (χ1v) is 7.65. The summed E-state index contributed by atoms with van der Waals surface area (Å²) < 4.78 is 24.8. The van der Waals surface area contributed by atoms with Crippen LogP contribution in [0.15, 0.2) is 0 Å². The van der Waals surface area contributed by atoms with E-state index in [4.69, 9.17) is 5.11 Å². The van der Waals surface area contributed by atoms with Gasteiger partial charge in [-0.3, -0.25) is 4.79 Å². The van der Waals surface area contributed by atoms with Gasteiger partial charge in [0, 0.05) is 19.5 Å². The first-order valence-electron chi connectivity index (χ1n) is 6.04. The van der Waals surface area contributed by atoms with Crippen LogP contribution in [0.4, 0.5) is 0 Å². The molecule has 0 bridgehead atoms. The van der Waals surface area contributed by atoms with Gasteiger partial charge in [0.05, 0.1) is 5.75 Å². The first-order chi connectivity index (χ1) is 7.86. The molecule has 1 saturated carbocycles. The highest BCUT2D eigenvalue weighted by molar-refractivity contribution is 7.89. The van der Waals surface area contributed by atoms with Crippen LogP contribution in [0.2, 0.25) is 0 Å². The molecule has 1 aliphatic carbocycles. The molecule has 0 unspecified atom stereocenters. The highest BCUT2D eigenvalue weighted by Crippen LogP contribution is 2.30. The standard InChI is InChI=1S/C11H21NO4S/c1-3-17(15,16)12(2)10-6-4-9(5-7-10)8-11(13)14/h9-10H,3-8H2,1-2H3,(H,13,14). The van der Waals surface area contributed by atoms with Gasteiger partial charge in [-0.2, -0.15) is 0 Å². The Morgan fingerprint density at radius 2 is 1.82 bits per heavy atom. The van der Waals surface area contributed by atoms with Crippen molar-refractivity contribution in [3.8, 4) is 0 Å². The molecular weight excluding hydrogens is 242 g/mol. The highest BCUT2D eigenvalue weighted by atomic mass is 32.2. The predicted octanol–water partition coefficient (Wildman–Crippen LogP) is 1.30. The van der Waals surface area contributed by atoms with E-state index < -0.39 is 16.0 Å². The van der Waals surface area contributed by atoms with Crippen LogP contribution in [0.1, 0.15) is 39.0 Å². The molecule has 0 atom stereocenters. The van der Waals surface area contributed by atoms with Crippen molar-refractivity contribution in [2.75, 3.05) is 12.8 Å². The summed E-state index contributed by atoms with van der Waals surface area (Å²) >= 11 is 0. The highest BCUT2D eigenvalue weighted by Gasteiger charge is 2.29. The van der Waals surface area contributed by atoms with Crippen LogP contribution in [0.3, 0.4) is 0 Å². The first kappa shape index (κ1) is 14.4. The van der Waals surface area contributed by atoms with Crippen LogP contribution in [0.5, 0.6) is 0 Å². The van der Waals surface area contributed by atoms with Gasteiger partial charge in [0.2, 0.25) is 10.0 Å². The second kappa shape index (κ2) is 5.82. The molecule has 0 heterocycles. The maximum Gasteiger partial charge on any atom is 0.303 e. The number of hydrogen-bond donors (Lipinski definition) is 1. The summed E-state index contributed by atoms with van der Waals surface area (Å²) in [6, 6.07) is 0.0463. The molecule has 1 N–H and O–H groups in total. The van der Waals surface area contributed by atoms with E-state index in [1.54, 1.807) is 14.0 Å². The molecular formula is C11H21NO4S. The fourth-order valence-electron chi connectivity index (χ4n) is 2.39. The normalized spacial score (nSPS) is 26.1. The lowest BCUT2D eigenvalue weighted by molar-refractivity contribution is -0.138. The van der Waals surface area contributed by atoms with Crippen molar-refractivity contribution in [1.82, 2.24) is 4.31 Å². The van der Waals surface area contributed by atoms with E-state index in [2.05, 4.69) is 0 Å². The van der Waals surface area contributed by atoms with Gasteiger partial charge in [-0.15, -0.1) is 0 Å². The number of carboxylic acid groups (broad SMARTS) is 1. The molecule has 0 aromatic heterocycles. The Balaban J connectivity index is 2.49. The molecule has 0 saturated heterocycles. The number of rotatable bonds is 5. The second-order valence-corrected chi connectivity index (χ2v) is 7.01. The molecule has 17 heavy (non-hydrogen) atoms. The fourth-order valence-corrected chi connectivity index (χ4v) is 3.46. The van der Waals surface area contributed by atoms with Gasteiger partial charge in [0.25, 0.3) is 0 Å². The van der Waals surface area contributed by atoms with E-state index in [9.17, 15) is 13.2 Å². The van der Waals surface area contributed by atoms with E-state index >= 15 is 0 Å². The SMILES string of the molecule is CCS(=O)(=O)N(C)C1CCC(CC(=O)O)CC1. The lowest BCUT2D eigenvalue weighted by atomic mass is 9.84. The Kier molecular flexibility index (Phi) is 4.94. The number of sulfonamides is 1. The molecule has 1 aliphatic rings. The molecule has 0 aliphatic heterocycles. The van der Waals surface area contributed by atoms with Crippen molar-refractivity contribution >= 4 is 16.0 Å². The molecule has 0 amide bonds. The predicted molar refractivity (Wildman–Crippen MR) is 65.2 cm³/mol. The number of carbonyl (C=O) groups is 1. The summed E-state index contributed by atoms with van der Waals surface area (Å²) in [7, 11) is -1.50. The molecule has 0 aromatic rings. The largest absolute Gasteiger partial charge is 0.481 e. The molecule has 1 fully saturated rings. The summed E-state index contributed by atoms with van der Waals surface area (Å²) in [6.07, 6.45) is 3.36. The maximum absolute atomic E-state index is 11.7. The Bertz CT molecular complexity index is 358. The number of carboxylic acids is 1. The van der Waals surface area contributed by atoms with E-state index in [-0.39, 0.29) is 24.1 Å². The third kappa shape index (κ3) is 3.96. The quantitative estimate of drug-likeness (QED) is 0.811. The van der Waals surface area contributed by atoms with Crippen LogP contribution in [-0.4, -0.2) is 42.6 Å². The van der Waals surface area contributed by atoms with Crippen LogP contribution in [0.25, 0.3) is 0 Å². The van der Waals surface area contributed by atoms with Crippen molar-refractivity contribution in [3.05, 3.63) is 0 Å². The van der Waals surface area contributed by atoms with E-state index in [1.165, 1.54) is 4.31 Å². The van der Waals surface area contributed by atoms with E-state index in [1.807, 2.05) is 0 Å². The molecule has 5 nitrogen and oxygen atoms in total. The van der Waals surface area contributed by atoms with Gasteiger partial charge in [-0.1, -0.05) is 0 Å². The van der Waals surface area contributed by atoms with Crippen molar-refractivity contribution in [2.24, 2.45) is 5.92 Å². The van der Waals surface area contributed by atoms with Crippen molar-refractivity contribution < 1.29 is 18.3 Å². The number of hydrogen-bond acceptors (Lipinski definition) is 3. The average Bonchev–Trinajstić information content (AvgIpc) is 2.28. The number of nitrogens with zero attached hydrogens (tertiary/aromatic N) is 1. The van der Waals surface area contributed by atoms with Gasteiger partial charge >= 0.3 is 5.97 Å². The maximum atomic E-state index is 11.7. The van der Waals surface area contributed by atoms with Crippen molar-refractivity contribution in [1.29, 1.82) is 0 Å². The van der Waals surface area contributed by atoms with Crippen LogP contribution >= 0.6 is 0 Å². The minimum atomic E-state index is -3.12. The van der Waals surface area contributed by atoms with Gasteiger partial charge < -0.3 is 5.11 Å². The Morgan fingerprint density at radius 3 is 2.24 bits per heavy atom. The summed E-state index contributed by atoms with van der Waals surface area (Å²) in [6.45, 7) is 1.64. The summed E-state index contributed by atoms with van der Waals surface area (Å²) in [4.78, 5) is 10.6. The van der Waals surface area contributed by atoms with Gasteiger partial charge in [0.15, 0.2) is 0 Å². The monoisotopic (exact) mass is 263 g/mol. The smallest absolute Gasteiger partial charge is 0.303 e. The Morgan fingerprint density at radius 1 is 1.29 bits per heavy atom. The van der Waals surface area contributed by atoms with Gasteiger partial charge in [0.1, 0.15) is 0 Å². The topological polar surface area (TPSA) is 74.7 Å². The Hall–Kier alpha value is -0.620. The lowest BCUT2D eigenvalue weighted by Crippen LogP contribution is -2.40. The molecule has 0 radical (unpaired) electrons. The molecule has 100 valence electrons. The second-order valence-electron chi connectivity index (χ2n) is 4.69. The molecule has 6 heteroatoms. The zero-order valence-electron chi connectivity index (χ0n) is 10.4.